The van der Waals surface area contributed by atoms with Gasteiger partial charge < -0.3 is 20.6 Å². The van der Waals surface area contributed by atoms with E-state index in [4.69, 9.17) is 11.5 Å². The summed E-state index contributed by atoms with van der Waals surface area (Å²) in [7, 11) is 0. The molecule has 0 saturated heterocycles. The van der Waals surface area contributed by atoms with Gasteiger partial charge >= 0.3 is 5.97 Å². The van der Waals surface area contributed by atoms with Crippen LogP contribution in [0.4, 0.5) is 0 Å². The van der Waals surface area contributed by atoms with E-state index in [-0.39, 0.29) is 31.0 Å². The lowest BCUT2D eigenvalue weighted by Gasteiger charge is -2.15. The van der Waals surface area contributed by atoms with E-state index in [1.807, 2.05) is 0 Å². The first-order valence-electron chi connectivity index (χ1n) is 6.11. The normalized spacial score (nSPS) is 11.4. The smallest absolute Gasteiger partial charge is 0.326 e. The molecule has 7 heteroatoms. The van der Waals surface area contributed by atoms with Crippen molar-refractivity contribution >= 4 is 11.9 Å². The van der Waals surface area contributed by atoms with Crippen LogP contribution in [0.15, 0.2) is 18.2 Å². The number of carboxylic acids is 1. The third kappa shape index (κ3) is 5.42. The lowest BCUT2D eigenvalue weighted by Crippen LogP contribution is -2.45. The molecule has 21 heavy (non-hydrogen) atoms. The Morgan fingerprint density at radius 3 is 2.57 bits per heavy atom. The zero-order valence-electron chi connectivity index (χ0n) is 11.2. The summed E-state index contributed by atoms with van der Waals surface area (Å²) in [5, 5.41) is 32.6. The van der Waals surface area contributed by atoms with Crippen molar-refractivity contribution in [1.82, 2.24) is 10.6 Å². The number of hydrogen-bond acceptors (Lipinski definition) is 5. The fraction of sp³-hybridized carbons (Fsp3) is 0.286. The molecule has 0 aromatic heterocycles. The Morgan fingerprint density at radius 1 is 1.29 bits per heavy atom. The van der Waals surface area contributed by atoms with Crippen molar-refractivity contribution in [3.05, 3.63) is 23.8 Å². The predicted octanol–water partition coefficient (Wildman–Crippen LogP) is -0.568. The van der Waals surface area contributed by atoms with E-state index in [2.05, 4.69) is 16.6 Å². The number of terminal acetylenes is 1. The number of hydrogen-bond donors (Lipinski definition) is 5. The molecule has 1 amide bonds. The Bertz CT molecular complexity index is 565. The van der Waals surface area contributed by atoms with Gasteiger partial charge in [0, 0.05) is 6.42 Å². The van der Waals surface area contributed by atoms with Crippen LogP contribution in [0.3, 0.4) is 0 Å². The minimum Gasteiger partial charge on any atom is -0.504 e. The summed E-state index contributed by atoms with van der Waals surface area (Å²) in [5.74, 6) is -0.0553. The molecule has 0 unspecified atom stereocenters. The van der Waals surface area contributed by atoms with E-state index in [0.29, 0.717) is 5.56 Å². The number of phenolic OH excluding ortho intramolecular Hbond substituents is 2. The lowest BCUT2D eigenvalue weighted by molar-refractivity contribution is -0.141. The molecule has 1 atom stereocenters. The van der Waals surface area contributed by atoms with Crippen LogP contribution in [0, 0.1) is 12.3 Å². The molecular formula is C14H16N2O5. The highest BCUT2D eigenvalue weighted by molar-refractivity contribution is 5.84. The largest absolute Gasteiger partial charge is 0.504 e. The minimum absolute atomic E-state index is 0.0238. The maximum atomic E-state index is 11.5. The molecule has 0 spiro atoms. The fourth-order valence-corrected chi connectivity index (χ4v) is 1.63. The van der Waals surface area contributed by atoms with Crippen LogP contribution in [0.5, 0.6) is 11.5 Å². The van der Waals surface area contributed by atoms with Crippen LogP contribution < -0.4 is 10.6 Å². The van der Waals surface area contributed by atoms with Gasteiger partial charge in [-0.3, -0.25) is 10.1 Å². The SMILES string of the molecule is C#CCNCC(=O)N[C@@H](Cc1ccc(O)c(O)c1)C(=O)O. The Kier molecular flexibility index (Phi) is 6.04. The van der Waals surface area contributed by atoms with Crippen LogP contribution in [-0.2, 0) is 16.0 Å². The summed E-state index contributed by atoms with van der Waals surface area (Å²) < 4.78 is 0. The second-order valence-corrected chi connectivity index (χ2v) is 4.29. The quantitative estimate of drug-likeness (QED) is 0.261. The number of carbonyl (C=O) groups excluding carboxylic acids is 1. The zero-order chi connectivity index (χ0) is 15.8. The van der Waals surface area contributed by atoms with Gasteiger partial charge in [0.15, 0.2) is 11.5 Å². The second kappa shape index (κ2) is 7.77. The second-order valence-electron chi connectivity index (χ2n) is 4.29. The molecule has 0 aliphatic rings. The van der Waals surface area contributed by atoms with Crippen molar-refractivity contribution in [3.63, 3.8) is 0 Å². The number of amides is 1. The van der Waals surface area contributed by atoms with E-state index >= 15 is 0 Å². The fourth-order valence-electron chi connectivity index (χ4n) is 1.63. The Balaban J connectivity index is 2.65. The highest BCUT2D eigenvalue weighted by Gasteiger charge is 2.20. The van der Waals surface area contributed by atoms with Crippen LogP contribution in [0.1, 0.15) is 5.56 Å². The van der Waals surface area contributed by atoms with Crippen molar-refractivity contribution < 1.29 is 24.9 Å². The van der Waals surface area contributed by atoms with Crippen molar-refractivity contribution in [1.29, 1.82) is 0 Å². The molecule has 1 aromatic rings. The number of aromatic hydroxyl groups is 2. The molecule has 1 aromatic carbocycles. The molecule has 0 fully saturated rings. The Morgan fingerprint density at radius 2 is 2.00 bits per heavy atom. The number of carboxylic acid groups (broad SMARTS) is 1. The van der Waals surface area contributed by atoms with Crippen LogP contribution in [0.2, 0.25) is 0 Å². The van der Waals surface area contributed by atoms with Crippen LogP contribution in [0.25, 0.3) is 0 Å². The summed E-state index contributed by atoms with van der Waals surface area (Å²) >= 11 is 0. The van der Waals surface area contributed by atoms with Gasteiger partial charge in [0.1, 0.15) is 6.04 Å². The molecule has 7 nitrogen and oxygen atoms in total. The van der Waals surface area contributed by atoms with Gasteiger partial charge in [-0.1, -0.05) is 12.0 Å². The third-order valence-corrected chi connectivity index (χ3v) is 2.63. The molecule has 0 radical (unpaired) electrons. The molecule has 0 heterocycles. The van der Waals surface area contributed by atoms with Gasteiger partial charge in [-0.2, -0.15) is 0 Å². The monoisotopic (exact) mass is 292 g/mol. The first-order chi connectivity index (χ1) is 9.93. The van der Waals surface area contributed by atoms with Gasteiger partial charge in [0.2, 0.25) is 5.91 Å². The van der Waals surface area contributed by atoms with Gasteiger partial charge in [0.25, 0.3) is 0 Å². The molecule has 0 bridgehead atoms. The molecule has 0 aliphatic heterocycles. The van der Waals surface area contributed by atoms with Crippen molar-refractivity contribution in [2.24, 2.45) is 0 Å². The van der Waals surface area contributed by atoms with E-state index in [1.165, 1.54) is 18.2 Å². The highest BCUT2D eigenvalue weighted by Crippen LogP contribution is 2.25. The summed E-state index contributed by atoms with van der Waals surface area (Å²) in [6.45, 7) is 0.117. The van der Waals surface area contributed by atoms with Gasteiger partial charge in [0.05, 0.1) is 13.1 Å². The highest BCUT2D eigenvalue weighted by atomic mass is 16.4. The molecule has 0 aliphatic carbocycles. The van der Waals surface area contributed by atoms with E-state index in [0.717, 1.165) is 0 Å². The third-order valence-electron chi connectivity index (χ3n) is 2.63. The number of aliphatic carboxylic acids is 1. The number of rotatable bonds is 7. The number of phenols is 2. The van der Waals surface area contributed by atoms with Crippen LogP contribution in [-0.4, -0.2) is 46.3 Å². The lowest BCUT2D eigenvalue weighted by atomic mass is 10.1. The van der Waals surface area contributed by atoms with E-state index < -0.39 is 17.9 Å². The zero-order valence-corrected chi connectivity index (χ0v) is 11.2. The van der Waals surface area contributed by atoms with E-state index in [1.54, 1.807) is 0 Å². The Hall–Kier alpha value is -2.72. The molecule has 112 valence electrons. The number of benzene rings is 1. The maximum absolute atomic E-state index is 11.5. The first kappa shape index (κ1) is 16.3. The maximum Gasteiger partial charge on any atom is 0.326 e. The number of carbonyl (C=O) groups is 2. The molecular weight excluding hydrogens is 276 g/mol. The topological polar surface area (TPSA) is 119 Å². The van der Waals surface area contributed by atoms with Crippen molar-refractivity contribution in [3.8, 4) is 23.8 Å². The Labute approximate surface area is 121 Å². The van der Waals surface area contributed by atoms with Crippen LogP contribution >= 0.6 is 0 Å². The standard InChI is InChI=1S/C14H16N2O5/c1-2-5-15-8-13(19)16-10(14(20)21)6-9-3-4-11(17)12(18)7-9/h1,3-4,7,10,15,17-18H,5-6,8H2,(H,16,19)(H,20,21)/t10-/m0/s1. The van der Waals surface area contributed by atoms with Crippen molar-refractivity contribution in [2.75, 3.05) is 13.1 Å². The molecule has 1 rings (SSSR count). The average Bonchev–Trinajstić information content (AvgIpc) is 2.42. The summed E-state index contributed by atoms with van der Waals surface area (Å²) in [6.07, 6.45) is 4.99. The molecule has 0 saturated carbocycles. The predicted molar refractivity (Wildman–Crippen MR) is 74.7 cm³/mol. The van der Waals surface area contributed by atoms with Gasteiger partial charge in [-0.15, -0.1) is 6.42 Å². The summed E-state index contributed by atoms with van der Waals surface area (Å²) in [6, 6.07) is 2.82. The molecule has 5 N–H and O–H groups in total. The average molecular weight is 292 g/mol. The summed E-state index contributed by atoms with van der Waals surface area (Å²) in [4.78, 5) is 22.7. The van der Waals surface area contributed by atoms with Gasteiger partial charge in [-0.05, 0) is 17.7 Å². The first-order valence-corrected chi connectivity index (χ1v) is 6.11. The number of nitrogens with one attached hydrogen (secondary N) is 2. The summed E-state index contributed by atoms with van der Waals surface area (Å²) in [5.41, 5.74) is 0.467. The van der Waals surface area contributed by atoms with Gasteiger partial charge in [-0.25, -0.2) is 4.79 Å². The van der Waals surface area contributed by atoms with Crippen molar-refractivity contribution in [2.45, 2.75) is 12.5 Å². The van der Waals surface area contributed by atoms with E-state index in [9.17, 15) is 19.8 Å². The minimum atomic E-state index is -1.20.